The third-order valence-corrected chi connectivity index (χ3v) is 10.7. The molecule has 0 aromatic carbocycles. The van der Waals surface area contributed by atoms with Crippen LogP contribution in [0.2, 0.25) is 0 Å². The first kappa shape index (κ1) is 26.5. The Morgan fingerprint density at radius 1 is 1.12 bits per heavy atom. The number of fused-ring (bicyclic) bond motifs is 4. The summed E-state index contributed by atoms with van der Waals surface area (Å²) in [6.45, 7) is 8.67. The van der Waals surface area contributed by atoms with Crippen molar-refractivity contribution in [1.82, 2.24) is 0 Å². The standard InChI is InChI=1S/C29H34O11/c1-13(8-15-9-14(2)23(33)36-15)21(31)25(5)6-7-26-20(22(32)27(34,12-25)40-26)16-10-17-24(3,4)38-18-11-19(30)39-28(17,18)29(26,35)37-16/h8-9,13,16-18,20,34-35H,6-7,10-12H2,1-5H3/b15-8-/t13-,16-,17+,18-,20+,25+,26-,27-,28-,29-/m1/s1. The first-order chi connectivity index (χ1) is 18.5. The minimum Gasteiger partial charge on any atom is -0.450 e. The van der Waals surface area contributed by atoms with Crippen molar-refractivity contribution in [3.63, 3.8) is 0 Å². The van der Waals surface area contributed by atoms with Crippen molar-refractivity contribution < 1.29 is 53.1 Å². The lowest BCUT2D eigenvalue weighted by Crippen LogP contribution is -2.73. The number of Topliss-reactive ketones (excluding diaryl/α,β-unsaturated/α-hetero) is 2. The van der Waals surface area contributed by atoms with Gasteiger partial charge in [-0.25, -0.2) is 4.79 Å². The van der Waals surface area contributed by atoms with Gasteiger partial charge >= 0.3 is 11.9 Å². The van der Waals surface area contributed by atoms with Gasteiger partial charge in [0.1, 0.15) is 23.2 Å². The van der Waals surface area contributed by atoms with Crippen molar-refractivity contribution in [1.29, 1.82) is 0 Å². The van der Waals surface area contributed by atoms with Crippen molar-refractivity contribution in [2.45, 2.75) is 107 Å². The van der Waals surface area contributed by atoms with Gasteiger partial charge < -0.3 is 33.9 Å². The van der Waals surface area contributed by atoms with Gasteiger partial charge in [0.05, 0.1) is 24.0 Å². The zero-order chi connectivity index (χ0) is 28.8. The van der Waals surface area contributed by atoms with E-state index in [0.717, 1.165) is 0 Å². The Balaban J connectivity index is 1.28. The highest BCUT2D eigenvalue weighted by Gasteiger charge is 2.91. The summed E-state index contributed by atoms with van der Waals surface area (Å²) >= 11 is 0. The Labute approximate surface area is 230 Å². The maximum absolute atomic E-state index is 14.0. The van der Waals surface area contributed by atoms with E-state index >= 15 is 0 Å². The predicted molar refractivity (Wildman–Crippen MR) is 132 cm³/mol. The molecule has 7 heterocycles. The summed E-state index contributed by atoms with van der Waals surface area (Å²) in [6, 6.07) is 0. The highest BCUT2D eigenvalue weighted by Crippen LogP contribution is 2.72. The second-order valence-corrected chi connectivity index (χ2v) is 13.6. The molecule has 11 nitrogen and oxygen atoms in total. The summed E-state index contributed by atoms with van der Waals surface area (Å²) in [6.07, 6.45) is 1.49. The molecule has 6 fully saturated rings. The molecule has 2 N–H and O–H groups in total. The molecular formula is C29H34O11. The second kappa shape index (κ2) is 7.49. The van der Waals surface area contributed by atoms with Crippen LogP contribution in [0.3, 0.4) is 0 Å². The monoisotopic (exact) mass is 558 g/mol. The maximum Gasteiger partial charge on any atom is 0.339 e. The molecule has 40 heavy (non-hydrogen) atoms. The van der Waals surface area contributed by atoms with Gasteiger partial charge in [-0.15, -0.1) is 0 Å². The SMILES string of the molecule is CC1=C/C(=C/[C@@H](C)C(=O)[C@@]2(C)CC[C@@]34O[C@](O)(C2)C(=O)[C@@H]3[C@H]2C[C@H]3C(C)(C)O[C@@H]5CC(=O)O[C@@]53[C@]4(O)O2)OC1=O. The fraction of sp³-hybridized carbons (Fsp3) is 0.724. The molecule has 216 valence electrons. The lowest BCUT2D eigenvalue weighted by atomic mass is 9.63. The third-order valence-electron chi connectivity index (χ3n) is 10.7. The van der Waals surface area contributed by atoms with Crippen LogP contribution >= 0.6 is 0 Å². The Morgan fingerprint density at radius 3 is 2.52 bits per heavy atom. The molecule has 7 aliphatic rings. The number of aliphatic hydroxyl groups is 2. The number of esters is 2. The minimum absolute atomic E-state index is 0.00257. The van der Waals surface area contributed by atoms with Crippen LogP contribution in [-0.4, -0.2) is 74.3 Å². The Morgan fingerprint density at radius 2 is 1.85 bits per heavy atom. The molecule has 0 aromatic rings. The number of ether oxygens (including phenoxy) is 5. The largest absolute Gasteiger partial charge is 0.450 e. The topological polar surface area (TPSA) is 155 Å². The third kappa shape index (κ3) is 2.87. The molecule has 0 aromatic heterocycles. The van der Waals surface area contributed by atoms with Crippen molar-refractivity contribution >= 4 is 23.5 Å². The summed E-state index contributed by atoms with van der Waals surface area (Å²) < 4.78 is 29.9. The van der Waals surface area contributed by atoms with Crippen LogP contribution in [0.1, 0.15) is 66.7 Å². The van der Waals surface area contributed by atoms with Gasteiger partial charge in [-0.2, -0.15) is 0 Å². The fourth-order valence-electron chi connectivity index (χ4n) is 9.05. The van der Waals surface area contributed by atoms with Gasteiger partial charge in [0.2, 0.25) is 23.0 Å². The van der Waals surface area contributed by atoms with E-state index in [1.165, 1.54) is 0 Å². The van der Waals surface area contributed by atoms with Crippen LogP contribution in [0.4, 0.5) is 0 Å². The van der Waals surface area contributed by atoms with E-state index in [0.29, 0.717) is 5.57 Å². The summed E-state index contributed by atoms with van der Waals surface area (Å²) in [4.78, 5) is 52.3. The van der Waals surface area contributed by atoms with Gasteiger partial charge in [-0.3, -0.25) is 14.4 Å². The van der Waals surface area contributed by atoms with Crippen molar-refractivity contribution in [3.8, 4) is 0 Å². The Kier molecular flexibility index (Phi) is 4.95. The van der Waals surface area contributed by atoms with E-state index in [1.54, 1.807) is 32.9 Å². The molecule has 4 bridgehead atoms. The first-order valence-corrected chi connectivity index (χ1v) is 14.0. The average Bonchev–Trinajstić information content (AvgIpc) is 3.50. The van der Waals surface area contributed by atoms with E-state index in [2.05, 4.69) is 0 Å². The lowest BCUT2D eigenvalue weighted by Gasteiger charge is -2.52. The number of ketones is 2. The van der Waals surface area contributed by atoms with Gasteiger partial charge in [0.15, 0.2) is 0 Å². The molecule has 0 unspecified atom stereocenters. The average molecular weight is 559 g/mol. The van der Waals surface area contributed by atoms with Crippen LogP contribution in [0.25, 0.3) is 0 Å². The van der Waals surface area contributed by atoms with Gasteiger partial charge in [0.25, 0.3) is 0 Å². The molecule has 6 saturated heterocycles. The fourth-order valence-corrected chi connectivity index (χ4v) is 9.05. The first-order valence-electron chi connectivity index (χ1n) is 14.0. The smallest absolute Gasteiger partial charge is 0.339 e. The summed E-state index contributed by atoms with van der Waals surface area (Å²) in [5.74, 6) is -8.54. The van der Waals surface area contributed by atoms with Crippen LogP contribution in [0.15, 0.2) is 23.5 Å². The summed E-state index contributed by atoms with van der Waals surface area (Å²) in [5.41, 5.74) is -5.00. The normalized spacial score (nSPS) is 51.5. The molecule has 10 atom stereocenters. The van der Waals surface area contributed by atoms with E-state index in [1.807, 2.05) is 13.8 Å². The molecule has 0 amide bonds. The summed E-state index contributed by atoms with van der Waals surface area (Å²) in [7, 11) is 0. The Bertz CT molecular complexity index is 1350. The molecular weight excluding hydrogens is 524 g/mol. The van der Waals surface area contributed by atoms with Gasteiger partial charge in [0, 0.05) is 29.2 Å². The van der Waals surface area contributed by atoms with E-state index in [9.17, 15) is 29.4 Å². The molecule has 7 aliphatic heterocycles. The zero-order valence-electron chi connectivity index (χ0n) is 23.1. The number of hydrogen-bond acceptors (Lipinski definition) is 11. The molecule has 2 spiro atoms. The van der Waals surface area contributed by atoms with Gasteiger partial charge in [-0.05, 0) is 52.2 Å². The summed E-state index contributed by atoms with van der Waals surface area (Å²) in [5, 5.41) is 24.3. The van der Waals surface area contributed by atoms with Crippen molar-refractivity contribution in [2.24, 2.45) is 23.2 Å². The lowest BCUT2D eigenvalue weighted by molar-refractivity contribution is -0.389. The van der Waals surface area contributed by atoms with Crippen LogP contribution in [-0.2, 0) is 42.9 Å². The van der Waals surface area contributed by atoms with Crippen LogP contribution in [0, 0.1) is 23.2 Å². The quantitative estimate of drug-likeness (QED) is 0.483. The number of carbonyl (C=O) groups is 4. The van der Waals surface area contributed by atoms with Crippen LogP contribution in [0.5, 0.6) is 0 Å². The van der Waals surface area contributed by atoms with Gasteiger partial charge in [-0.1, -0.05) is 13.8 Å². The highest BCUT2D eigenvalue weighted by molar-refractivity contribution is 5.96. The molecule has 0 radical (unpaired) electrons. The molecule has 0 aliphatic carbocycles. The van der Waals surface area contributed by atoms with Crippen molar-refractivity contribution in [2.75, 3.05) is 0 Å². The van der Waals surface area contributed by atoms with Crippen LogP contribution < -0.4 is 0 Å². The zero-order valence-corrected chi connectivity index (χ0v) is 23.1. The maximum atomic E-state index is 14.0. The van der Waals surface area contributed by atoms with E-state index in [-0.39, 0.29) is 43.6 Å². The molecule has 0 saturated carbocycles. The van der Waals surface area contributed by atoms with E-state index in [4.69, 9.17) is 23.7 Å². The Hall–Kier alpha value is -2.44. The molecule has 7 rings (SSSR count). The highest BCUT2D eigenvalue weighted by atomic mass is 16.7. The number of allylic oxidation sites excluding steroid dienone is 2. The number of rotatable bonds is 3. The number of hydrogen-bond donors (Lipinski definition) is 2. The molecule has 11 heteroatoms. The number of carbonyl (C=O) groups excluding carboxylic acids is 4. The second-order valence-electron chi connectivity index (χ2n) is 13.6. The van der Waals surface area contributed by atoms with E-state index < -0.39 is 81.5 Å². The minimum atomic E-state index is -2.36. The van der Waals surface area contributed by atoms with Crippen molar-refractivity contribution in [3.05, 3.63) is 23.5 Å². The predicted octanol–water partition coefficient (Wildman–Crippen LogP) is 1.38. The number of cyclic esters (lactones) is 1.